The Balaban J connectivity index is 2.75. The van der Waals surface area contributed by atoms with Gasteiger partial charge in [-0.25, -0.2) is 0 Å². The summed E-state index contributed by atoms with van der Waals surface area (Å²) < 4.78 is 0. The molecule has 1 heterocycles. The van der Waals surface area contributed by atoms with Gasteiger partial charge in [-0.15, -0.1) is 0 Å². The van der Waals surface area contributed by atoms with E-state index in [2.05, 4.69) is 31.8 Å². The second kappa shape index (κ2) is 3.74. The number of rotatable bonds is 0. The Morgan fingerprint density at radius 3 is 2.44 bits per heavy atom. The van der Waals surface area contributed by atoms with Gasteiger partial charge in [-0.1, -0.05) is 38.4 Å². The van der Waals surface area contributed by atoms with Gasteiger partial charge in [0.15, 0.2) is 0 Å². The Morgan fingerprint density at radius 2 is 1.81 bits per heavy atom. The fraction of sp³-hybridized carbons (Fsp3) is 0.357. The highest BCUT2D eigenvalue weighted by Gasteiger charge is 2.16. The molecule has 1 aromatic heterocycles. The van der Waals surface area contributed by atoms with Gasteiger partial charge >= 0.3 is 0 Å². The average molecular weight is 234 g/mol. The summed E-state index contributed by atoms with van der Waals surface area (Å²) >= 11 is 6.02. The largest absolute Gasteiger partial charge is 0.257 e. The molecule has 84 valence electrons. The van der Waals surface area contributed by atoms with Crippen molar-refractivity contribution in [3.8, 4) is 0 Å². The molecule has 1 aromatic carbocycles. The zero-order chi connectivity index (χ0) is 11.9. The third kappa shape index (κ3) is 2.05. The number of aryl methyl sites for hydroxylation is 1. The van der Waals surface area contributed by atoms with Crippen LogP contribution in [-0.2, 0) is 5.41 Å². The molecular formula is C14H16ClN. The summed E-state index contributed by atoms with van der Waals surface area (Å²) in [5, 5.41) is 3.13. The molecule has 0 saturated carbocycles. The first-order chi connectivity index (χ1) is 7.38. The quantitative estimate of drug-likeness (QED) is 0.653. The van der Waals surface area contributed by atoms with Gasteiger partial charge in [-0.05, 0) is 30.5 Å². The van der Waals surface area contributed by atoms with E-state index in [9.17, 15) is 0 Å². The second-order valence-electron chi connectivity index (χ2n) is 5.21. The van der Waals surface area contributed by atoms with Crippen molar-refractivity contribution >= 4 is 22.4 Å². The van der Waals surface area contributed by atoms with Gasteiger partial charge in [0.05, 0.1) is 0 Å². The van der Waals surface area contributed by atoms with Gasteiger partial charge in [-0.2, -0.15) is 0 Å². The normalized spacial score (nSPS) is 12.1. The third-order valence-corrected chi connectivity index (χ3v) is 2.99. The van der Waals surface area contributed by atoms with Crippen molar-refractivity contribution in [2.75, 3.05) is 0 Å². The summed E-state index contributed by atoms with van der Waals surface area (Å²) in [5.74, 6) is 0. The van der Waals surface area contributed by atoms with Crippen LogP contribution in [0.2, 0.25) is 5.02 Å². The first kappa shape index (κ1) is 11.4. The van der Waals surface area contributed by atoms with E-state index in [1.54, 1.807) is 0 Å². The number of hydrogen-bond acceptors (Lipinski definition) is 1. The number of benzene rings is 1. The number of aromatic nitrogens is 1. The highest BCUT2D eigenvalue weighted by Crippen LogP contribution is 2.27. The Bertz CT molecular complexity index is 538. The van der Waals surface area contributed by atoms with Crippen LogP contribution in [0.25, 0.3) is 10.8 Å². The molecule has 2 rings (SSSR count). The van der Waals surface area contributed by atoms with E-state index in [-0.39, 0.29) is 5.41 Å². The lowest BCUT2D eigenvalue weighted by Gasteiger charge is -2.19. The Labute approximate surface area is 101 Å². The van der Waals surface area contributed by atoms with Gasteiger partial charge in [0.1, 0.15) is 0 Å². The average Bonchev–Trinajstić information content (AvgIpc) is 2.15. The van der Waals surface area contributed by atoms with Crippen molar-refractivity contribution in [2.24, 2.45) is 0 Å². The number of nitrogens with zero attached hydrogens (tertiary/aromatic N) is 1. The number of pyridine rings is 1. The van der Waals surface area contributed by atoms with Crippen LogP contribution in [0.3, 0.4) is 0 Å². The molecule has 16 heavy (non-hydrogen) atoms. The molecule has 1 nitrogen and oxygen atoms in total. The predicted molar refractivity (Wildman–Crippen MR) is 70.2 cm³/mol. The van der Waals surface area contributed by atoms with Crippen LogP contribution in [0.4, 0.5) is 0 Å². The number of halogens is 1. The van der Waals surface area contributed by atoms with Gasteiger partial charge in [0, 0.05) is 27.2 Å². The van der Waals surface area contributed by atoms with Crippen molar-refractivity contribution < 1.29 is 0 Å². The zero-order valence-electron chi connectivity index (χ0n) is 10.1. The van der Waals surface area contributed by atoms with Crippen LogP contribution in [0.1, 0.15) is 32.2 Å². The van der Waals surface area contributed by atoms with E-state index < -0.39 is 0 Å². The summed E-state index contributed by atoms with van der Waals surface area (Å²) in [6.07, 6.45) is 0. The monoisotopic (exact) mass is 233 g/mol. The zero-order valence-corrected chi connectivity index (χ0v) is 10.9. The summed E-state index contributed by atoms with van der Waals surface area (Å²) in [4.78, 5) is 4.66. The molecule has 0 fully saturated rings. The number of hydrogen-bond donors (Lipinski definition) is 0. The van der Waals surface area contributed by atoms with Crippen molar-refractivity contribution in [3.05, 3.63) is 40.7 Å². The van der Waals surface area contributed by atoms with Crippen LogP contribution < -0.4 is 0 Å². The first-order valence-corrected chi connectivity index (χ1v) is 5.83. The lowest BCUT2D eigenvalue weighted by molar-refractivity contribution is 0.568. The molecular weight excluding hydrogens is 218 g/mol. The van der Waals surface area contributed by atoms with E-state index in [1.165, 1.54) is 10.8 Å². The lowest BCUT2D eigenvalue weighted by Crippen LogP contribution is -2.14. The molecule has 0 aliphatic carbocycles. The molecule has 2 aromatic rings. The van der Waals surface area contributed by atoms with Crippen molar-refractivity contribution in [3.63, 3.8) is 0 Å². The van der Waals surface area contributed by atoms with E-state index in [0.717, 1.165) is 16.4 Å². The minimum atomic E-state index is 0.0707. The summed E-state index contributed by atoms with van der Waals surface area (Å²) in [5.41, 5.74) is 2.25. The van der Waals surface area contributed by atoms with Crippen LogP contribution >= 0.6 is 11.6 Å². The maximum Gasteiger partial charge on any atom is 0.0466 e. The molecule has 0 atom stereocenters. The predicted octanol–water partition coefficient (Wildman–Crippen LogP) is 4.49. The highest BCUT2D eigenvalue weighted by atomic mass is 35.5. The van der Waals surface area contributed by atoms with Crippen LogP contribution in [0, 0.1) is 6.92 Å². The molecule has 0 amide bonds. The fourth-order valence-electron chi connectivity index (χ4n) is 1.79. The van der Waals surface area contributed by atoms with Gasteiger partial charge in [0.2, 0.25) is 0 Å². The standard InChI is InChI=1S/C14H16ClN/c1-9-12-6-5-11(15)7-10(12)8-13(16-9)14(2,3)4/h5-8H,1-4H3. The van der Waals surface area contributed by atoms with Crippen LogP contribution in [0.5, 0.6) is 0 Å². The lowest BCUT2D eigenvalue weighted by atomic mass is 9.90. The molecule has 0 N–H and O–H groups in total. The van der Waals surface area contributed by atoms with Crippen molar-refractivity contribution in [1.82, 2.24) is 4.98 Å². The third-order valence-electron chi connectivity index (χ3n) is 2.75. The van der Waals surface area contributed by atoms with Crippen LogP contribution in [0.15, 0.2) is 24.3 Å². The molecule has 0 aliphatic heterocycles. The maximum absolute atomic E-state index is 6.02. The minimum Gasteiger partial charge on any atom is -0.257 e. The summed E-state index contributed by atoms with van der Waals surface area (Å²) in [6, 6.07) is 8.08. The fourth-order valence-corrected chi connectivity index (χ4v) is 1.97. The summed E-state index contributed by atoms with van der Waals surface area (Å²) in [7, 11) is 0. The van der Waals surface area contributed by atoms with E-state index >= 15 is 0 Å². The Morgan fingerprint density at radius 1 is 1.12 bits per heavy atom. The SMILES string of the molecule is Cc1nc(C(C)(C)C)cc2cc(Cl)ccc12. The molecule has 2 heteroatoms. The molecule has 0 unspecified atom stereocenters. The van der Waals surface area contributed by atoms with E-state index in [0.29, 0.717) is 0 Å². The molecule has 0 saturated heterocycles. The molecule has 0 radical (unpaired) electrons. The maximum atomic E-state index is 6.02. The second-order valence-corrected chi connectivity index (χ2v) is 5.64. The Kier molecular flexibility index (Phi) is 2.67. The van der Waals surface area contributed by atoms with Crippen molar-refractivity contribution in [2.45, 2.75) is 33.1 Å². The minimum absolute atomic E-state index is 0.0707. The smallest absolute Gasteiger partial charge is 0.0466 e. The molecule has 0 spiro atoms. The van der Waals surface area contributed by atoms with Crippen LogP contribution in [-0.4, -0.2) is 4.98 Å². The number of fused-ring (bicyclic) bond motifs is 1. The Hall–Kier alpha value is -1.08. The van der Waals surface area contributed by atoms with Gasteiger partial charge in [0.25, 0.3) is 0 Å². The van der Waals surface area contributed by atoms with E-state index in [1.807, 2.05) is 25.1 Å². The first-order valence-electron chi connectivity index (χ1n) is 5.45. The molecule has 0 aliphatic rings. The summed E-state index contributed by atoms with van der Waals surface area (Å²) in [6.45, 7) is 8.56. The van der Waals surface area contributed by atoms with Gasteiger partial charge in [-0.3, -0.25) is 4.98 Å². The molecule has 0 bridgehead atoms. The van der Waals surface area contributed by atoms with Gasteiger partial charge < -0.3 is 0 Å². The van der Waals surface area contributed by atoms with E-state index in [4.69, 9.17) is 11.6 Å². The highest BCUT2D eigenvalue weighted by molar-refractivity contribution is 6.31. The van der Waals surface area contributed by atoms with Crippen molar-refractivity contribution in [1.29, 1.82) is 0 Å². The topological polar surface area (TPSA) is 12.9 Å².